The van der Waals surface area contributed by atoms with E-state index in [0.29, 0.717) is 23.3 Å². The van der Waals surface area contributed by atoms with Crippen molar-refractivity contribution in [1.82, 2.24) is 24.6 Å². The Morgan fingerprint density at radius 3 is 2.53 bits per heavy atom. The number of halogens is 3. The first-order valence-electron chi connectivity index (χ1n) is 12.4. The fourth-order valence-corrected chi connectivity index (χ4v) is 5.56. The molecule has 0 atom stereocenters. The minimum atomic E-state index is -4.44. The second-order valence-electron chi connectivity index (χ2n) is 10.8. The molecule has 2 aromatic heterocycles. The number of alkyl halides is 3. The third-order valence-electron chi connectivity index (χ3n) is 7.48. The molecule has 3 aliphatic rings. The third kappa shape index (κ3) is 4.39. The molecule has 11 heteroatoms. The first kappa shape index (κ1) is 23.5. The number of morpholine rings is 1. The molecule has 0 spiro atoms. The van der Waals surface area contributed by atoms with Crippen LogP contribution >= 0.6 is 0 Å². The van der Waals surface area contributed by atoms with Gasteiger partial charge in [0.25, 0.3) is 0 Å². The van der Waals surface area contributed by atoms with E-state index in [0.717, 1.165) is 75.6 Å². The van der Waals surface area contributed by atoms with Gasteiger partial charge in [-0.05, 0) is 36.5 Å². The molecule has 1 aromatic carbocycles. The molecule has 0 amide bonds. The van der Waals surface area contributed by atoms with Crippen molar-refractivity contribution < 1.29 is 17.9 Å². The average molecular weight is 502 g/mol. The molecule has 36 heavy (non-hydrogen) atoms. The number of rotatable bonds is 5. The predicted octanol–water partition coefficient (Wildman–Crippen LogP) is 3.96. The van der Waals surface area contributed by atoms with Crippen molar-refractivity contribution in [3.63, 3.8) is 0 Å². The maximum absolute atomic E-state index is 13.4. The fourth-order valence-electron chi connectivity index (χ4n) is 5.56. The number of aromatic nitrogens is 4. The lowest BCUT2D eigenvalue weighted by molar-refractivity contribution is -0.137. The molecular formula is C25H30F3N7O. The molecule has 0 unspecified atom stereocenters. The van der Waals surface area contributed by atoms with Gasteiger partial charge >= 0.3 is 6.18 Å². The van der Waals surface area contributed by atoms with Crippen LogP contribution in [0.5, 0.6) is 0 Å². The van der Waals surface area contributed by atoms with Crippen LogP contribution in [0.1, 0.15) is 32.3 Å². The van der Waals surface area contributed by atoms with Crippen molar-refractivity contribution in [3.05, 3.63) is 36.0 Å². The van der Waals surface area contributed by atoms with Gasteiger partial charge in [0.1, 0.15) is 5.82 Å². The van der Waals surface area contributed by atoms with E-state index < -0.39 is 11.7 Å². The van der Waals surface area contributed by atoms with Crippen LogP contribution in [-0.4, -0.2) is 76.1 Å². The van der Waals surface area contributed by atoms with E-state index in [-0.39, 0.29) is 11.5 Å². The van der Waals surface area contributed by atoms with Gasteiger partial charge in [-0.15, -0.1) is 0 Å². The molecule has 4 heterocycles. The normalized spacial score (nSPS) is 21.4. The molecule has 3 fully saturated rings. The number of nitrogens with zero attached hydrogens (tertiary/aromatic N) is 6. The maximum Gasteiger partial charge on any atom is 0.416 e. The number of anilines is 2. The molecule has 1 aliphatic carbocycles. The quantitative estimate of drug-likeness (QED) is 0.568. The van der Waals surface area contributed by atoms with E-state index in [9.17, 15) is 13.2 Å². The Kier molecular flexibility index (Phi) is 5.60. The molecule has 6 rings (SSSR count). The zero-order valence-electron chi connectivity index (χ0n) is 20.4. The molecule has 8 nitrogen and oxygen atoms in total. The molecule has 0 radical (unpaired) electrons. The summed E-state index contributed by atoms with van der Waals surface area (Å²) >= 11 is 0. The van der Waals surface area contributed by atoms with E-state index in [1.54, 1.807) is 12.3 Å². The van der Waals surface area contributed by atoms with Gasteiger partial charge in [-0.25, -0.2) is 4.68 Å². The summed E-state index contributed by atoms with van der Waals surface area (Å²) in [5.41, 5.74) is 0.377. The minimum absolute atomic E-state index is 0.271. The van der Waals surface area contributed by atoms with Gasteiger partial charge in [-0.2, -0.15) is 28.2 Å². The van der Waals surface area contributed by atoms with E-state index in [4.69, 9.17) is 14.7 Å². The first-order valence-corrected chi connectivity index (χ1v) is 12.4. The number of hydrogen-bond donors (Lipinski definition) is 1. The highest BCUT2D eigenvalue weighted by atomic mass is 19.4. The average Bonchev–Trinajstić information content (AvgIpc) is 3.21. The fraction of sp³-hybridized carbons (Fsp3) is 0.560. The summed E-state index contributed by atoms with van der Waals surface area (Å²) in [5, 5.41) is 8.62. The second kappa shape index (κ2) is 8.58. The van der Waals surface area contributed by atoms with Crippen LogP contribution in [0.25, 0.3) is 16.7 Å². The summed E-state index contributed by atoms with van der Waals surface area (Å²) in [6, 6.07) is 5.88. The summed E-state index contributed by atoms with van der Waals surface area (Å²) in [7, 11) is 0. The summed E-state index contributed by atoms with van der Waals surface area (Å²) in [6.45, 7) is 9.48. The van der Waals surface area contributed by atoms with Crippen LogP contribution < -0.4 is 10.2 Å². The lowest BCUT2D eigenvalue weighted by atomic mass is 9.68. The zero-order chi connectivity index (χ0) is 25.1. The zero-order valence-corrected chi connectivity index (χ0v) is 20.4. The molecular weight excluding hydrogens is 471 g/mol. The van der Waals surface area contributed by atoms with Crippen molar-refractivity contribution in [3.8, 4) is 5.69 Å². The second-order valence-corrected chi connectivity index (χ2v) is 10.8. The molecule has 2 aliphatic heterocycles. The molecule has 2 saturated heterocycles. The Morgan fingerprint density at radius 1 is 1.08 bits per heavy atom. The van der Waals surface area contributed by atoms with E-state index in [1.807, 2.05) is 0 Å². The van der Waals surface area contributed by atoms with Crippen molar-refractivity contribution >= 4 is 22.8 Å². The third-order valence-corrected chi connectivity index (χ3v) is 7.48. The Morgan fingerprint density at radius 2 is 1.83 bits per heavy atom. The van der Waals surface area contributed by atoms with Gasteiger partial charge in [-0.3, -0.25) is 4.90 Å². The molecule has 0 bridgehead atoms. The van der Waals surface area contributed by atoms with Crippen molar-refractivity contribution in [1.29, 1.82) is 0 Å². The molecule has 3 aromatic rings. The standard InChI is InChI=1S/C25H30F3N7O/c1-24(2)11-17(12-24)30-23-31-21(34-14-19(15-34)33-6-8-36-9-7-33)20-13-29-35(22(20)32-23)18-5-3-4-16(10-18)25(26,27)28/h3-5,10,13,17,19H,6-9,11-12,14-15H2,1-2H3,(H,30,31,32). The predicted molar refractivity (Wildman–Crippen MR) is 130 cm³/mol. The number of ether oxygens (including phenoxy) is 1. The van der Waals surface area contributed by atoms with Crippen molar-refractivity contribution in [2.45, 2.75) is 44.9 Å². The van der Waals surface area contributed by atoms with Crippen LogP contribution in [0, 0.1) is 5.41 Å². The maximum atomic E-state index is 13.4. The highest BCUT2D eigenvalue weighted by Gasteiger charge is 2.38. The lowest BCUT2D eigenvalue weighted by Gasteiger charge is -2.47. The van der Waals surface area contributed by atoms with Gasteiger partial charge in [0, 0.05) is 38.3 Å². The van der Waals surface area contributed by atoms with Crippen LogP contribution in [0.3, 0.4) is 0 Å². The number of benzene rings is 1. The van der Waals surface area contributed by atoms with E-state index in [1.165, 1.54) is 10.7 Å². The van der Waals surface area contributed by atoms with Gasteiger partial charge in [0.05, 0.1) is 36.0 Å². The highest BCUT2D eigenvalue weighted by Crippen LogP contribution is 2.41. The highest BCUT2D eigenvalue weighted by molar-refractivity contribution is 5.89. The van der Waals surface area contributed by atoms with Crippen LogP contribution in [0.15, 0.2) is 30.5 Å². The Labute approximate surface area is 207 Å². The SMILES string of the molecule is CC1(C)CC(Nc2nc(N3CC(N4CCOCC4)C3)c3cnn(-c4cccc(C(F)(F)F)c4)c3n2)C1. The van der Waals surface area contributed by atoms with Crippen LogP contribution in [-0.2, 0) is 10.9 Å². The Balaban J connectivity index is 1.34. The summed E-state index contributed by atoms with van der Waals surface area (Å²) in [5.74, 6) is 1.25. The number of fused-ring (bicyclic) bond motifs is 1. The first-order chi connectivity index (χ1) is 17.2. The minimum Gasteiger partial charge on any atom is -0.379 e. The Hall–Kier alpha value is -2.92. The summed E-state index contributed by atoms with van der Waals surface area (Å²) in [4.78, 5) is 14.2. The van der Waals surface area contributed by atoms with Crippen molar-refractivity contribution in [2.75, 3.05) is 49.6 Å². The summed E-state index contributed by atoms with van der Waals surface area (Å²) < 4.78 is 47.1. The molecule has 192 valence electrons. The largest absolute Gasteiger partial charge is 0.416 e. The molecule has 1 N–H and O–H groups in total. The monoisotopic (exact) mass is 501 g/mol. The van der Waals surface area contributed by atoms with Gasteiger partial charge in [0.15, 0.2) is 5.65 Å². The molecule has 1 saturated carbocycles. The van der Waals surface area contributed by atoms with Crippen molar-refractivity contribution in [2.24, 2.45) is 5.41 Å². The smallest absolute Gasteiger partial charge is 0.379 e. The van der Waals surface area contributed by atoms with Crippen LogP contribution in [0.4, 0.5) is 24.9 Å². The number of nitrogens with one attached hydrogen (secondary N) is 1. The summed E-state index contributed by atoms with van der Waals surface area (Å²) in [6.07, 6.45) is -0.753. The van der Waals surface area contributed by atoms with E-state index >= 15 is 0 Å². The lowest BCUT2D eigenvalue weighted by Crippen LogP contribution is -2.61. The Bertz CT molecular complexity index is 1250. The van der Waals surface area contributed by atoms with Gasteiger partial charge < -0.3 is 15.0 Å². The number of hydrogen-bond acceptors (Lipinski definition) is 7. The van der Waals surface area contributed by atoms with Crippen LogP contribution in [0.2, 0.25) is 0 Å². The van der Waals surface area contributed by atoms with Gasteiger partial charge in [0.2, 0.25) is 5.95 Å². The van der Waals surface area contributed by atoms with E-state index in [2.05, 4.69) is 34.1 Å². The van der Waals surface area contributed by atoms with Gasteiger partial charge in [-0.1, -0.05) is 19.9 Å². The topological polar surface area (TPSA) is 71.3 Å².